The minimum absolute atomic E-state index is 0. The molecule has 0 rings (SSSR count). The molecule has 0 amide bonds. The van der Waals surface area contributed by atoms with Gasteiger partial charge in [-0.2, -0.15) is 0 Å². The Morgan fingerprint density at radius 3 is 1.17 bits per heavy atom. The van der Waals surface area contributed by atoms with Gasteiger partial charge in [-0.1, -0.05) is 0 Å². The summed E-state index contributed by atoms with van der Waals surface area (Å²) >= 11 is -5.38. The molecular formula is HMnO4Tb. The van der Waals surface area contributed by atoms with Gasteiger partial charge in [0, 0.05) is 38.6 Å². The topological polar surface area (TPSA) is 71.4 Å². The molecular weight excluding hydrogens is 278 g/mol. The van der Waals surface area contributed by atoms with E-state index < -0.39 is 13.0 Å². The average Bonchev–Trinajstić information content (AvgIpc) is 0.722. The summed E-state index contributed by atoms with van der Waals surface area (Å²) < 4.78 is 33.1. The molecule has 1 radical (unpaired) electrons. The Morgan fingerprint density at radius 2 is 1.17 bits per heavy atom. The Hall–Kier alpha value is 1.17. The molecule has 0 aromatic carbocycles. The Bertz CT molecular complexity index is 129. The first-order valence-electron chi connectivity index (χ1n) is 0.632. The van der Waals surface area contributed by atoms with E-state index in [0.717, 1.165) is 0 Å². The molecule has 0 unspecified atom stereocenters. The van der Waals surface area contributed by atoms with Gasteiger partial charge in [0.2, 0.25) is 0 Å². The third-order valence-electron chi connectivity index (χ3n) is 0. The van der Waals surface area contributed by atoms with E-state index in [9.17, 15) is 0 Å². The van der Waals surface area contributed by atoms with Crippen LogP contribution in [0.1, 0.15) is 0 Å². The molecule has 0 saturated heterocycles. The summed E-state index contributed by atoms with van der Waals surface area (Å²) in [5.74, 6) is 0. The van der Waals surface area contributed by atoms with Crippen molar-refractivity contribution >= 4 is 0 Å². The molecule has 0 aromatic rings. The molecule has 4 nitrogen and oxygen atoms in total. The van der Waals surface area contributed by atoms with Crippen molar-refractivity contribution in [1.82, 2.24) is 0 Å². The van der Waals surface area contributed by atoms with Gasteiger partial charge in [-0.15, -0.1) is 0 Å². The Balaban J connectivity index is 0. The maximum atomic E-state index is 8.69. The van der Waals surface area contributed by atoms with Crippen molar-refractivity contribution in [3.05, 3.63) is 0 Å². The van der Waals surface area contributed by atoms with Crippen LogP contribution in [-0.2, 0) is 24.5 Å². The summed E-state index contributed by atoms with van der Waals surface area (Å²) in [7, 11) is 0. The van der Waals surface area contributed by atoms with Crippen molar-refractivity contribution in [2.75, 3.05) is 0 Å². The minimum atomic E-state index is -5.38. The number of hydrogen-bond acceptors (Lipinski definition) is 3. The molecule has 0 bridgehead atoms. The molecule has 0 saturated carbocycles. The molecule has 0 aromatic heterocycles. The van der Waals surface area contributed by atoms with Gasteiger partial charge in [-0.05, 0) is 0 Å². The van der Waals surface area contributed by atoms with Crippen molar-refractivity contribution in [3.8, 4) is 0 Å². The predicted octanol–water partition coefficient (Wildman–Crippen LogP) is -0.916. The molecule has 0 spiro atoms. The molecule has 41 valence electrons. The SMILES string of the molecule is [O]=[Mn](=[O])(=[O])[OH].[Tb]. The van der Waals surface area contributed by atoms with Gasteiger partial charge in [0.1, 0.15) is 0 Å². The summed E-state index contributed by atoms with van der Waals surface area (Å²) in [5.41, 5.74) is 0. The molecule has 0 aliphatic heterocycles. The van der Waals surface area contributed by atoms with E-state index in [1.807, 2.05) is 0 Å². The second kappa shape index (κ2) is 3.20. The second-order valence-corrected chi connectivity index (χ2v) is 1.63. The van der Waals surface area contributed by atoms with E-state index in [4.69, 9.17) is 15.7 Å². The largest absolute Gasteiger partial charge is 0 e. The van der Waals surface area contributed by atoms with Gasteiger partial charge in [0.25, 0.3) is 0 Å². The molecule has 6 heteroatoms. The van der Waals surface area contributed by atoms with Crippen LogP contribution >= 0.6 is 0 Å². The average molecular weight is 279 g/mol. The quantitative estimate of drug-likeness (QED) is 0.582. The van der Waals surface area contributed by atoms with E-state index in [1.165, 1.54) is 0 Å². The molecule has 0 atom stereocenters. The van der Waals surface area contributed by atoms with Crippen LogP contribution in [0.2, 0.25) is 0 Å². The number of hydrogen-bond donors (Lipinski definition) is 1. The fourth-order valence-corrected chi connectivity index (χ4v) is 0. The molecule has 1 N–H and O–H groups in total. The molecule has 0 heterocycles. The first-order chi connectivity index (χ1) is 2.00. The van der Waals surface area contributed by atoms with Crippen LogP contribution in [-0.4, -0.2) is 4.19 Å². The normalized spacial score (nSPS) is 9.50. The van der Waals surface area contributed by atoms with Crippen LogP contribution in [0.25, 0.3) is 0 Å². The third-order valence-corrected chi connectivity index (χ3v) is 0. The van der Waals surface area contributed by atoms with Crippen LogP contribution < -0.4 is 0 Å². The van der Waals surface area contributed by atoms with E-state index in [-0.39, 0.29) is 38.6 Å². The first-order valence-corrected chi connectivity index (χ1v) is 2.61. The predicted molar refractivity (Wildman–Crippen MR) is 4.28 cm³/mol. The minimum Gasteiger partial charge on any atom is 0 e. The van der Waals surface area contributed by atoms with Crippen molar-refractivity contribution < 1.29 is 67.3 Å². The monoisotopic (exact) mass is 279 g/mol. The zero-order valence-electron chi connectivity index (χ0n) is 2.38. The maximum absolute atomic E-state index is 8.69. The Labute approximate surface area is 66.5 Å². The van der Waals surface area contributed by atoms with Crippen LogP contribution in [0.5, 0.6) is 0 Å². The molecule has 0 aliphatic rings. The standard InChI is InChI=1S/Mn.H2O.3O.Tb/h;1H2;;;;/q+1;;;;;/p-1. The molecule has 0 fully saturated rings. The number of rotatable bonds is 0. The van der Waals surface area contributed by atoms with Crippen LogP contribution in [0, 0.1) is 38.6 Å². The van der Waals surface area contributed by atoms with Crippen molar-refractivity contribution in [3.63, 3.8) is 0 Å². The van der Waals surface area contributed by atoms with E-state index in [2.05, 4.69) is 0 Å². The third kappa shape index (κ3) is 66.0. The van der Waals surface area contributed by atoms with E-state index >= 15 is 0 Å². The summed E-state index contributed by atoms with van der Waals surface area (Å²) in [6, 6.07) is 0. The maximum Gasteiger partial charge on any atom is 0 e. The summed E-state index contributed by atoms with van der Waals surface area (Å²) in [6.45, 7) is 0. The van der Waals surface area contributed by atoms with Crippen molar-refractivity contribution in [2.24, 2.45) is 0 Å². The van der Waals surface area contributed by atoms with Gasteiger partial charge in [-0.3, -0.25) is 0 Å². The van der Waals surface area contributed by atoms with Gasteiger partial charge < -0.3 is 0 Å². The summed E-state index contributed by atoms with van der Waals surface area (Å²) in [4.78, 5) is 0. The fourth-order valence-electron chi connectivity index (χ4n) is 0. The van der Waals surface area contributed by atoms with E-state index in [1.54, 1.807) is 0 Å². The van der Waals surface area contributed by atoms with Crippen molar-refractivity contribution in [1.29, 1.82) is 0 Å². The van der Waals surface area contributed by atoms with Gasteiger partial charge >= 0.3 is 28.7 Å². The van der Waals surface area contributed by atoms with Gasteiger partial charge in [-0.25, -0.2) is 0 Å². The zero-order chi connectivity index (χ0) is 4.50. The Kier molecular flexibility index (Phi) is 5.45. The Morgan fingerprint density at radius 1 is 1.17 bits per heavy atom. The smallest absolute Gasteiger partial charge is 0 e. The van der Waals surface area contributed by atoms with Gasteiger partial charge in [0.15, 0.2) is 0 Å². The van der Waals surface area contributed by atoms with Crippen LogP contribution in [0.4, 0.5) is 0 Å². The molecule has 0 aliphatic carbocycles. The van der Waals surface area contributed by atoms with Crippen molar-refractivity contribution in [2.45, 2.75) is 0 Å². The van der Waals surface area contributed by atoms with Gasteiger partial charge in [0.05, 0.1) is 0 Å². The van der Waals surface area contributed by atoms with Crippen LogP contribution in [0.3, 0.4) is 0 Å². The van der Waals surface area contributed by atoms with E-state index in [0.29, 0.717) is 0 Å². The fraction of sp³-hybridized carbons (Fsp3) is 0. The van der Waals surface area contributed by atoms with Crippen LogP contribution in [0.15, 0.2) is 0 Å². The summed E-state index contributed by atoms with van der Waals surface area (Å²) in [6.07, 6.45) is 0. The summed E-state index contributed by atoms with van der Waals surface area (Å²) in [5, 5.41) is 0. The zero-order valence-corrected chi connectivity index (χ0v) is 5.70. The molecule has 6 heavy (non-hydrogen) atoms. The second-order valence-electron chi connectivity index (χ2n) is 0.396. The first kappa shape index (κ1) is 10.2.